The van der Waals surface area contributed by atoms with Gasteiger partial charge < -0.3 is 5.32 Å². The van der Waals surface area contributed by atoms with Gasteiger partial charge in [0.25, 0.3) is 0 Å². The zero-order chi connectivity index (χ0) is 14.7. The third-order valence-electron chi connectivity index (χ3n) is 3.12. The summed E-state index contributed by atoms with van der Waals surface area (Å²) < 4.78 is 3.48. The van der Waals surface area contributed by atoms with Crippen molar-refractivity contribution >= 4 is 59.1 Å². The summed E-state index contributed by atoms with van der Waals surface area (Å²) in [5.41, 5.74) is 3.82. The number of halogens is 3. The molecule has 0 bridgehead atoms. The molecule has 0 spiro atoms. The maximum atomic E-state index is 3.68. The van der Waals surface area contributed by atoms with E-state index in [0.717, 1.165) is 21.2 Å². The van der Waals surface area contributed by atoms with Crippen molar-refractivity contribution in [3.05, 3.63) is 53.0 Å². The van der Waals surface area contributed by atoms with Gasteiger partial charge in [-0.25, -0.2) is 0 Å². The van der Waals surface area contributed by atoms with Crippen LogP contribution in [0.5, 0.6) is 0 Å². The highest BCUT2D eigenvalue weighted by Crippen LogP contribution is 2.38. The van der Waals surface area contributed by atoms with Gasteiger partial charge in [-0.15, -0.1) is 11.3 Å². The van der Waals surface area contributed by atoms with Crippen LogP contribution in [0.2, 0.25) is 0 Å². The topological polar surface area (TPSA) is 12.0 Å². The summed E-state index contributed by atoms with van der Waals surface area (Å²) in [6.07, 6.45) is 1.12. The number of thiophene rings is 1. The van der Waals surface area contributed by atoms with Gasteiger partial charge in [-0.05, 0) is 80.6 Å². The van der Waals surface area contributed by atoms with Crippen molar-refractivity contribution in [1.82, 2.24) is 5.32 Å². The first-order valence-corrected chi connectivity index (χ1v) is 9.66. The smallest absolute Gasteiger partial charge is 0.0761 e. The van der Waals surface area contributed by atoms with Gasteiger partial charge in [0.2, 0.25) is 0 Å². The first-order valence-electron chi connectivity index (χ1n) is 6.47. The third kappa shape index (κ3) is 3.95. The van der Waals surface area contributed by atoms with Crippen molar-refractivity contribution < 1.29 is 0 Å². The Morgan fingerprint density at radius 2 is 1.95 bits per heavy atom. The van der Waals surface area contributed by atoms with Crippen molar-refractivity contribution in [2.45, 2.75) is 26.3 Å². The molecule has 108 valence electrons. The van der Waals surface area contributed by atoms with E-state index in [2.05, 4.69) is 91.2 Å². The highest BCUT2D eigenvalue weighted by molar-refractivity contribution is 9.12. The lowest BCUT2D eigenvalue weighted by molar-refractivity contribution is 0.598. The second-order valence-electron chi connectivity index (χ2n) is 4.68. The number of aryl methyl sites for hydroxylation is 1. The lowest BCUT2D eigenvalue weighted by Crippen LogP contribution is -2.23. The Kier molecular flexibility index (Phi) is 6.29. The van der Waals surface area contributed by atoms with Gasteiger partial charge in [0.15, 0.2) is 0 Å². The molecular formula is C15H16Br3NS. The Morgan fingerprint density at radius 1 is 1.20 bits per heavy atom. The number of hydrogen-bond acceptors (Lipinski definition) is 2. The molecule has 0 aliphatic rings. The second-order valence-corrected chi connectivity index (χ2v) is 9.28. The zero-order valence-electron chi connectivity index (χ0n) is 11.3. The van der Waals surface area contributed by atoms with Crippen molar-refractivity contribution in [2.75, 3.05) is 6.54 Å². The Labute approximate surface area is 149 Å². The number of nitrogens with one attached hydrogen (secondary N) is 1. The van der Waals surface area contributed by atoms with E-state index in [0.29, 0.717) is 0 Å². The Morgan fingerprint density at radius 3 is 2.50 bits per heavy atom. The molecule has 0 saturated carbocycles. The fourth-order valence-corrected chi connectivity index (χ4v) is 5.33. The minimum Gasteiger partial charge on any atom is -0.306 e. The molecule has 2 aromatic rings. The minimum atomic E-state index is 0.212. The maximum Gasteiger partial charge on any atom is 0.0761 e. The maximum absolute atomic E-state index is 3.68. The molecule has 1 nitrogen and oxygen atoms in total. The van der Waals surface area contributed by atoms with Crippen LogP contribution >= 0.6 is 59.1 Å². The van der Waals surface area contributed by atoms with Gasteiger partial charge in [0.05, 0.1) is 13.6 Å². The highest BCUT2D eigenvalue weighted by atomic mass is 79.9. The molecule has 2 rings (SSSR count). The molecule has 20 heavy (non-hydrogen) atoms. The average Bonchev–Trinajstić information content (AvgIpc) is 2.73. The predicted molar refractivity (Wildman–Crippen MR) is 98.7 cm³/mol. The summed E-state index contributed by atoms with van der Waals surface area (Å²) >= 11 is 12.6. The summed E-state index contributed by atoms with van der Waals surface area (Å²) in [6, 6.07) is 8.97. The van der Waals surface area contributed by atoms with E-state index in [1.807, 2.05) is 0 Å². The summed E-state index contributed by atoms with van der Waals surface area (Å²) in [6.45, 7) is 5.29. The van der Waals surface area contributed by atoms with Crippen LogP contribution in [-0.2, 0) is 0 Å². The summed E-state index contributed by atoms with van der Waals surface area (Å²) in [7, 11) is 0. The van der Waals surface area contributed by atoms with Gasteiger partial charge >= 0.3 is 0 Å². The van der Waals surface area contributed by atoms with Gasteiger partial charge in [0.1, 0.15) is 0 Å². The average molecular weight is 482 g/mol. The van der Waals surface area contributed by atoms with Crippen LogP contribution in [-0.4, -0.2) is 6.54 Å². The van der Waals surface area contributed by atoms with E-state index in [1.165, 1.54) is 20.5 Å². The summed E-state index contributed by atoms with van der Waals surface area (Å²) in [5.74, 6) is 0. The van der Waals surface area contributed by atoms with Crippen molar-refractivity contribution in [2.24, 2.45) is 0 Å². The molecule has 1 aromatic carbocycles. The van der Waals surface area contributed by atoms with E-state index in [9.17, 15) is 0 Å². The van der Waals surface area contributed by atoms with Crippen LogP contribution in [0.25, 0.3) is 0 Å². The lowest BCUT2D eigenvalue weighted by Gasteiger charge is -2.19. The third-order valence-corrected chi connectivity index (χ3v) is 6.36. The Balaban J connectivity index is 2.41. The van der Waals surface area contributed by atoms with Gasteiger partial charge in [-0.1, -0.05) is 35.0 Å². The van der Waals surface area contributed by atoms with Crippen LogP contribution in [0.3, 0.4) is 0 Å². The quantitative estimate of drug-likeness (QED) is 0.518. The van der Waals surface area contributed by atoms with Crippen molar-refractivity contribution in [3.8, 4) is 0 Å². The molecule has 1 aromatic heterocycles. The standard InChI is InChI=1S/C15H16Br3NS/c1-3-6-19-14(11-8-13(17)20-15(11)18)10-5-4-9(2)12(16)7-10/h4-5,7-8,14,19H,3,6H2,1-2H3. The molecule has 1 heterocycles. The summed E-state index contributed by atoms with van der Waals surface area (Å²) in [4.78, 5) is 0. The molecule has 5 heteroatoms. The van der Waals surface area contributed by atoms with E-state index in [1.54, 1.807) is 11.3 Å². The zero-order valence-corrected chi connectivity index (χ0v) is 16.9. The Hall–Kier alpha value is 0.320. The normalized spacial score (nSPS) is 12.7. The Bertz CT molecular complexity index is 595. The number of benzene rings is 1. The summed E-state index contributed by atoms with van der Waals surface area (Å²) in [5, 5.41) is 3.64. The first-order chi connectivity index (χ1) is 9.52. The van der Waals surface area contributed by atoms with Gasteiger partial charge in [-0.3, -0.25) is 0 Å². The fourth-order valence-electron chi connectivity index (χ4n) is 2.03. The SMILES string of the molecule is CCCNC(c1ccc(C)c(Br)c1)c1cc(Br)sc1Br. The fraction of sp³-hybridized carbons (Fsp3) is 0.333. The largest absolute Gasteiger partial charge is 0.306 e. The van der Waals surface area contributed by atoms with Crippen molar-refractivity contribution in [3.63, 3.8) is 0 Å². The second kappa shape index (κ2) is 7.54. The molecule has 0 amide bonds. The van der Waals surface area contributed by atoms with Crippen LogP contribution < -0.4 is 5.32 Å². The molecule has 1 atom stereocenters. The minimum absolute atomic E-state index is 0.212. The van der Waals surface area contributed by atoms with Crippen LogP contribution in [0, 0.1) is 6.92 Å². The molecule has 0 radical (unpaired) electrons. The van der Waals surface area contributed by atoms with E-state index < -0.39 is 0 Å². The van der Waals surface area contributed by atoms with E-state index in [-0.39, 0.29) is 6.04 Å². The number of hydrogen-bond donors (Lipinski definition) is 1. The monoisotopic (exact) mass is 479 g/mol. The highest BCUT2D eigenvalue weighted by Gasteiger charge is 2.19. The molecular weight excluding hydrogens is 466 g/mol. The molecule has 0 saturated heterocycles. The molecule has 0 aliphatic heterocycles. The molecule has 1 N–H and O–H groups in total. The molecule has 0 fully saturated rings. The van der Waals surface area contributed by atoms with Crippen LogP contribution in [0.1, 0.15) is 36.1 Å². The van der Waals surface area contributed by atoms with Crippen molar-refractivity contribution in [1.29, 1.82) is 0 Å². The number of rotatable bonds is 5. The van der Waals surface area contributed by atoms with Crippen LogP contribution in [0.15, 0.2) is 36.3 Å². The van der Waals surface area contributed by atoms with Gasteiger partial charge in [0, 0.05) is 4.47 Å². The first kappa shape index (κ1) is 16.7. The van der Waals surface area contributed by atoms with Crippen LogP contribution in [0.4, 0.5) is 0 Å². The predicted octanol–water partition coefficient (Wildman–Crippen LogP) is 6.43. The molecule has 1 unspecified atom stereocenters. The molecule has 0 aliphatic carbocycles. The lowest BCUT2D eigenvalue weighted by atomic mass is 10.00. The van der Waals surface area contributed by atoms with E-state index in [4.69, 9.17) is 0 Å². The van der Waals surface area contributed by atoms with Gasteiger partial charge in [-0.2, -0.15) is 0 Å². The van der Waals surface area contributed by atoms with E-state index >= 15 is 0 Å².